The van der Waals surface area contributed by atoms with Crippen LogP contribution in [0.2, 0.25) is 0 Å². The zero-order valence-corrected chi connectivity index (χ0v) is 6.12. The first-order chi connectivity index (χ1) is 5.13. The van der Waals surface area contributed by atoms with Gasteiger partial charge in [-0.3, -0.25) is 14.4 Å². The number of rotatable bonds is 2. The van der Waals surface area contributed by atoms with Crippen LogP contribution >= 0.6 is 0 Å². The van der Waals surface area contributed by atoms with Crippen LogP contribution in [0.25, 0.3) is 0 Å². The number of ketones is 2. The number of esters is 1. The fourth-order valence-corrected chi connectivity index (χ4v) is 0.979. The quantitative estimate of drug-likeness (QED) is 0.313. The van der Waals surface area contributed by atoms with Crippen molar-refractivity contribution in [3.05, 3.63) is 0 Å². The van der Waals surface area contributed by atoms with E-state index in [9.17, 15) is 14.4 Å². The Morgan fingerprint density at radius 3 is 2.55 bits per heavy atom. The molecular weight excluding hydrogens is 148 g/mol. The molecule has 0 aliphatic carbocycles. The molecule has 4 nitrogen and oxygen atoms in total. The number of cyclic esters (lactones) is 1. The molecule has 0 aromatic rings. The molecule has 1 aliphatic rings. The fourth-order valence-electron chi connectivity index (χ4n) is 0.979. The van der Waals surface area contributed by atoms with E-state index in [4.69, 9.17) is 0 Å². The Bertz CT molecular complexity index is 218. The Morgan fingerprint density at radius 2 is 2.18 bits per heavy atom. The molecule has 0 amide bonds. The fraction of sp³-hybridized carbons (Fsp3) is 0.571. The summed E-state index contributed by atoms with van der Waals surface area (Å²) in [4.78, 5) is 32.1. The summed E-state index contributed by atoms with van der Waals surface area (Å²) in [6.07, 6.45) is 0.344. The predicted octanol–water partition coefficient (Wildman–Crippen LogP) is -0.292. The maximum atomic E-state index is 10.9. The van der Waals surface area contributed by atoms with E-state index in [-0.39, 0.29) is 6.61 Å². The molecule has 1 rings (SSSR count). The first-order valence-corrected chi connectivity index (χ1v) is 3.34. The number of ether oxygens (including phenoxy) is 1. The van der Waals surface area contributed by atoms with Crippen LogP contribution in [0.3, 0.4) is 0 Å². The van der Waals surface area contributed by atoms with Crippen LogP contribution in [0.4, 0.5) is 0 Å². The molecule has 0 N–H and O–H groups in total. The average molecular weight is 156 g/mol. The highest BCUT2D eigenvalue weighted by atomic mass is 16.5. The van der Waals surface area contributed by atoms with Gasteiger partial charge in [0.2, 0.25) is 5.78 Å². The smallest absolute Gasteiger partial charge is 0.317 e. The van der Waals surface area contributed by atoms with Crippen LogP contribution in [0.15, 0.2) is 0 Å². The van der Waals surface area contributed by atoms with Gasteiger partial charge < -0.3 is 4.74 Å². The van der Waals surface area contributed by atoms with Gasteiger partial charge in [-0.2, -0.15) is 0 Å². The van der Waals surface area contributed by atoms with E-state index in [2.05, 4.69) is 4.74 Å². The Hall–Kier alpha value is -1.19. The van der Waals surface area contributed by atoms with Crippen molar-refractivity contribution in [3.8, 4) is 0 Å². The monoisotopic (exact) mass is 156 g/mol. The van der Waals surface area contributed by atoms with E-state index in [1.807, 2.05) is 0 Å². The molecule has 0 saturated carbocycles. The van der Waals surface area contributed by atoms with Crippen molar-refractivity contribution in [2.75, 3.05) is 6.61 Å². The van der Waals surface area contributed by atoms with Crippen LogP contribution in [0, 0.1) is 5.92 Å². The third-order valence-corrected chi connectivity index (χ3v) is 1.60. The van der Waals surface area contributed by atoms with Crippen molar-refractivity contribution in [1.29, 1.82) is 0 Å². The van der Waals surface area contributed by atoms with Crippen LogP contribution in [0.5, 0.6) is 0 Å². The largest absolute Gasteiger partial charge is 0.465 e. The Morgan fingerprint density at radius 1 is 1.55 bits per heavy atom. The molecule has 1 fully saturated rings. The zero-order chi connectivity index (χ0) is 8.43. The van der Waals surface area contributed by atoms with Crippen LogP contribution in [0.1, 0.15) is 13.3 Å². The number of carbonyl (C=O) groups is 3. The molecule has 0 aromatic carbocycles. The van der Waals surface area contributed by atoms with Crippen molar-refractivity contribution in [1.82, 2.24) is 0 Å². The summed E-state index contributed by atoms with van der Waals surface area (Å²) in [5.41, 5.74) is 0. The highest BCUT2D eigenvalue weighted by Crippen LogP contribution is 2.15. The van der Waals surface area contributed by atoms with E-state index in [0.717, 1.165) is 6.92 Å². The van der Waals surface area contributed by atoms with Crippen molar-refractivity contribution in [3.63, 3.8) is 0 Å². The SMILES string of the molecule is CC(=O)C(=O)C1CCOC1=O. The average Bonchev–Trinajstić information content (AvgIpc) is 2.33. The van der Waals surface area contributed by atoms with Crippen molar-refractivity contribution in [2.45, 2.75) is 13.3 Å². The summed E-state index contributed by atoms with van der Waals surface area (Å²) in [7, 11) is 0. The van der Waals surface area contributed by atoms with Crippen LogP contribution < -0.4 is 0 Å². The van der Waals surface area contributed by atoms with Gasteiger partial charge in [0.05, 0.1) is 6.61 Å². The lowest BCUT2D eigenvalue weighted by Crippen LogP contribution is -2.24. The summed E-state index contributed by atoms with van der Waals surface area (Å²) in [5, 5.41) is 0. The van der Waals surface area contributed by atoms with E-state index in [1.165, 1.54) is 0 Å². The minimum atomic E-state index is -0.826. The zero-order valence-electron chi connectivity index (χ0n) is 6.12. The summed E-state index contributed by atoms with van der Waals surface area (Å²) in [6.45, 7) is 1.41. The third-order valence-electron chi connectivity index (χ3n) is 1.60. The van der Waals surface area contributed by atoms with Gasteiger partial charge in [-0.1, -0.05) is 0 Å². The van der Waals surface area contributed by atoms with Gasteiger partial charge in [0.1, 0.15) is 5.92 Å². The molecule has 60 valence electrons. The standard InChI is InChI=1S/C7H8O4/c1-4(8)6(9)5-2-3-11-7(5)10/h5H,2-3H2,1H3. The van der Waals surface area contributed by atoms with E-state index in [0.29, 0.717) is 6.42 Å². The lowest BCUT2D eigenvalue weighted by Gasteiger charge is -1.98. The summed E-state index contributed by atoms with van der Waals surface area (Å²) < 4.78 is 4.52. The van der Waals surface area contributed by atoms with E-state index >= 15 is 0 Å². The third kappa shape index (κ3) is 1.45. The Kier molecular flexibility index (Phi) is 2.03. The van der Waals surface area contributed by atoms with E-state index < -0.39 is 23.5 Å². The number of hydrogen-bond acceptors (Lipinski definition) is 4. The second kappa shape index (κ2) is 2.82. The topological polar surface area (TPSA) is 60.4 Å². The molecule has 1 atom stereocenters. The van der Waals surface area contributed by atoms with Gasteiger partial charge >= 0.3 is 5.97 Å². The maximum absolute atomic E-state index is 10.9. The molecule has 11 heavy (non-hydrogen) atoms. The molecule has 0 spiro atoms. The maximum Gasteiger partial charge on any atom is 0.317 e. The normalized spacial score (nSPS) is 23.0. The van der Waals surface area contributed by atoms with Gasteiger partial charge in [0, 0.05) is 13.3 Å². The highest BCUT2D eigenvalue weighted by Gasteiger charge is 2.34. The predicted molar refractivity (Wildman–Crippen MR) is 34.8 cm³/mol. The van der Waals surface area contributed by atoms with Gasteiger partial charge in [0.25, 0.3) is 0 Å². The number of Topliss-reactive ketones (excluding diaryl/α,β-unsaturated/α-hetero) is 2. The van der Waals surface area contributed by atoms with Gasteiger partial charge in [-0.05, 0) is 0 Å². The molecule has 1 heterocycles. The highest BCUT2D eigenvalue weighted by molar-refractivity contribution is 6.40. The molecule has 0 radical (unpaired) electrons. The second-order valence-corrected chi connectivity index (χ2v) is 2.43. The van der Waals surface area contributed by atoms with Crippen molar-refractivity contribution in [2.24, 2.45) is 5.92 Å². The van der Waals surface area contributed by atoms with Gasteiger partial charge in [-0.25, -0.2) is 0 Å². The Labute approximate surface area is 63.5 Å². The van der Waals surface area contributed by atoms with Crippen molar-refractivity contribution >= 4 is 17.5 Å². The molecule has 1 unspecified atom stereocenters. The molecule has 1 saturated heterocycles. The van der Waals surface area contributed by atoms with Crippen LogP contribution in [-0.4, -0.2) is 24.1 Å². The molecule has 4 heteroatoms. The minimum Gasteiger partial charge on any atom is -0.465 e. The lowest BCUT2D eigenvalue weighted by atomic mass is 10.0. The lowest BCUT2D eigenvalue weighted by molar-refractivity contribution is -0.148. The molecule has 1 aliphatic heterocycles. The number of carbonyl (C=O) groups excluding carboxylic acids is 3. The van der Waals surface area contributed by atoms with Gasteiger partial charge in [0.15, 0.2) is 5.78 Å². The van der Waals surface area contributed by atoms with Crippen LogP contribution in [-0.2, 0) is 19.1 Å². The second-order valence-electron chi connectivity index (χ2n) is 2.43. The summed E-state index contributed by atoms with van der Waals surface area (Å²) in [6, 6.07) is 0. The number of hydrogen-bond donors (Lipinski definition) is 0. The summed E-state index contributed by atoms with van der Waals surface area (Å²) in [5.74, 6) is -2.60. The molecule has 0 aromatic heterocycles. The molecular formula is C7H8O4. The Balaban J connectivity index is 2.67. The van der Waals surface area contributed by atoms with Gasteiger partial charge in [-0.15, -0.1) is 0 Å². The first-order valence-electron chi connectivity index (χ1n) is 3.34. The van der Waals surface area contributed by atoms with E-state index in [1.54, 1.807) is 0 Å². The summed E-state index contributed by atoms with van der Waals surface area (Å²) >= 11 is 0. The minimum absolute atomic E-state index is 0.252. The first kappa shape index (κ1) is 7.91. The molecule has 0 bridgehead atoms. The van der Waals surface area contributed by atoms with Crippen molar-refractivity contribution < 1.29 is 19.1 Å².